The Morgan fingerprint density at radius 3 is 2.67 bits per heavy atom. The van der Waals surface area contributed by atoms with Gasteiger partial charge in [0, 0.05) is 36.1 Å². The van der Waals surface area contributed by atoms with Crippen LogP contribution in [-0.4, -0.2) is 45.3 Å². The Morgan fingerprint density at radius 1 is 1.27 bits per heavy atom. The van der Waals surface area contributed by atoms with Gasteiger partial charge in [0.1, 0.15) is 11.9 Å². The van der Waals surface area contributed by atoms with Crippen molar-refractivity contribution in [3.8, 4) is 6.07 Å². The summed E-state index contributed by atoms with van der Waals surface area (Å²) in [5.74, 6) is 1.46. The first kappa shape index (κ1) is 21.6. The van der Waals surface area contributed by atoms with Crippen molar-refractivity contribution in [3.05, 3.63) is 22.5 Å². The summed E-state index contributed by atoms with van der Waals surface area (Å²) in [6.07, 6.45) is 8.47. The molecule has 162 valence electrons. The Balaban J connectivity index is 1.38. The van der Waals surface area contributed by atoms with Gasteiger partial charge in [-0.05, 0) is 81.1 Å². The summed E-state index contributed by atoms with van der Waals surface area (Å²) in [5, 5.41) is 24.0. The fourth-order valence-corrected chi connectivity index (χ4v) is 5.63. The van der Waals surface area contributed by atoms with Crippen molar-refractivity contribution >= 4 is 32.7 Å². The van der Waals surface area contributed by atoms with Crippen LogP contribution in [0.15, 0.2) is 21.2 Å². The normalized spacial score (nSPS) is 28.4. The summed E-state index contributed by atoms with van der Waals surface area (Å²) >= 11 is 3.63. The molecule has 2 N–H and O–H groups in total. The second kappa shape index (κ2) is 8.49. The molecule has 0 radical (unpaired) electrons. The number of piperidine rings is 1. The van der Waals surface area contributed by atoms with E-state index in [4.69, 9.17) is 9.68 Å². The van der Waals surface area contributed by atoms with Gasteiger partial charge in [-0.3, -0.25) is 4.90 Å². The number of rotatable bonds is 4. The highest BCUT2D eigenvalue weighted by Gasteiger charge is 2.38. The molecule has 0 amide bonds. The molecule has 1 aliphatic heterocycles. The fourth-order valence-electron chi connectivity index (χ4n) is 5.10. The van der Waals surface area contributed by atoms with E-state index in [-0.39, 0.29) is 0 Å². The largest absolute Gasteiger partial charge is 0.444 e. The Kier molecular flexibility index (Phi) is 6.11. The quantitative estimate of drug-likeness (QED) is 0.643. The first-order chi connectivity index (χ1) is 14.3. The van der Waals surface area contributed by atoms with E-state index >= 15 is 0 Å². The predicted octanol–water partition coefficient (Wildman–Crippen LogP) is 5.06. The Morgan fingerprint density at radius 2 is 2.00 bits per heavy atom. The van der Waals surface area contributed by atoms with E-state index in [2.05, 4.69) is 38.1 Å². The average molecular weight is 475 g/mol. The highest BCUT2D eigenvalue weighted by atomic mass is 79.9. The minimum Gasteiger partial charge on any atom is -0.444 e. The molecule has 1 saturated carbocycles. The zero-order valence-corrected chi connectivity index (χ0v) is 19.6. The molecule has 6 nitrogen and oxygen atoms in total. The van der Waals surface area contributed by atoms with E-state index in [1.165, 1.54) is 6.42 Å². The van der Waals surface area contributed by atoms with Gasteiger partial charge in [0.05, 0.1) is 16.3 Å². The van der Waals surface area contributed by atoms with E-state index in [0.29, 0.717) is 35.4 Å². The van der Waals surface area contributed by atoms with Crippen molar-refractivity contribution in [3.63, 3.8) is 0 Å². The van der Waals surface area contributed by atoms with Gasteiger partial charge in [0.25, 0.3) is 0 Å². The molecule has 1 aliphatic carbocycles. The van der Waals surface area contributed by atoms with Crippen LogP contribution < -0.4 is 5.32 Å². The summed E-state index contributed by atoms with van der Waals surface area (Å²) < 4.78 is 6.31. The number of pyridine rings is 1. The molecule has 0 spiro atoms. The molecular weight excluding hydrogens is 444 g/mol. The van der Waals surface area contributed by atoms with Crippen LogP contribution in [0.25, 0.3) is 11.0 Å². The van der Waals surface area contributed by atoms with Crippen molar-refractivity contribution in [1.29, 1.82) is 5.26 Å². The summed E-state index contributed by atoms with van der Waals surface area (Å²) in [6.45, 7) is 7.24. The van der Waals surface area contributed by atoms with Crippen molar-refractivity contribution < 1.29 is 9.52 Å². The zero-order chi connectivity index (χ0) is 21.5. The summed E-state index contributed by atoms with van der Waals surface area (Å²) in [6, 6.07) is 5.36. The lowest BCUT2D eigenvalue weighted by Crippen LogP contribution is -2.53. The van der Waals surface area contributed by atoms with E-state index in [0.717, 1.165) is 54.3 Å². The van der Waals surface area contributed by atoms with Gasteiger partial charge in [0.15, 0.2) is 5.58 Å². The van der Waals surface area contributed by atoms with Crippen LogP contribution in [0.3, 0.4) is 0 Å². The first-order valence-electron chi connectivity index (χ1n) is 11.0. The molecule has 2 unspecified atom stereocenters. The lowest BCUT2D eigenvalue weighted by atomic mass is 9.80. The molecule has 0 aromatic carbocycles. The summed E-state index contributed by atoms with van der Waals surface area (Å²) in [5.41, 5.74) is 0.0137. The lowest BCUT2D eigenvalue weighted by Gasteiger charge is -2.47. The molecule has 2 fully saturated rings. The van der Waals surface area contributed by atoms with Crippen LogP contribution in [0.2, 0.25) is 0 Å². The molecule has 3 heterocycles. The minimum absolute atomic E-state index is 0.296. The van der Waals surface area contributed by atoms with E-state index in [1.807, 2.05) is 19.9 Å². The lowest BCUT2D eigenvalue weighted by molar-refractivity contribution is -0.0459. The van der Waals surface area contributed by atoms with Gasteiger partial charge >= 0.3 is 0 Å². The third-order valence-corrected chi connectivity index (χ3v) is 7.86. The van der Waals surface area contributed by atoms with Crippen molar-refractivity contribution in [2.45, 2.75) is 83.0 Å². The number of hydrogen-bond donors (Lipinski definition) is 2. The SMILES string of the molecule is CC1CCC(C(C)(C)O)CN1C1CCC(Nc2ncc3oc(C#N)cc3c2Br)CC1. The van der Waals surface area contributed by atoms with Crippen LogP contribution in [0.4, 0.5) is 5.82 Å². The molecule has 30 heavy (non-hydrogen) atoms. The van der Waals surface area contributed by atoms with Crippen LogP contribution in [-0.2, 0) is 0 Å². The van der Waals surface area contributed by atoms with E-state index < -0.39 is 5.60 Å². The number of hydrogen-bond acceptors (Lipinski definition) is 6. The maximum absolute atomic E-state index is 10.5. The molecule has 7 heteroatoms. The number of aromatic nitrogens is 1. The highest BCUT2D eigenvalue weighted by molar-refractivity contribution is 9.10. The molecule has 2 atom stereocenters. The van der Waals surface area contributed by atoms with E-state index in [9.17, 15) is 5.11 Å². The average Bonchev–Trinajstić information content (AvgIpc) is 3.15. The maximum atomic E-state index is 10.5. The monoisotopic (exact) mass is 474 g/mol. The number of halogens is 1. The third kappa shape index (κ3) is 4.37. The number of nitrogens with one attached hydrogen (secondary N) is 1. The molecule has 2 aromatic heterocycles. The Hall–Kier alpha value is -1.62. The number of anilines is 1. The van der Waals surface area contributed by atoms with Crippen molar-refractivity contribution in [2.75, 3.05) is 11.9 Å². The molecule has 2 aliphatic rings. The van der Waals surface area contributed by atoms with Gasteiger partial charge in [-0.2, -0.15) is 5.26 Å². The number of aliphatic hydroxyl groups is 1. The van der Waals surface area contributed by atoms with Crippen molar-refractivity contribution in [2.24, 2.45) is 5.92 Å². The number of fused-ring (bicyclic) bond motifs is 1. The topological polar surface area (TPSA) is 85.3 Å². The minimum atomic E-state index is -0.605. The molecule has 0 bridgehead atoms. The Bertz CT molecular complexity index is 937. The van der Waals surface area contributed by atoms with Gasteiger partial charge < -0.3 is 14.8 Å². The third-order valence-electron chi connectivity index (χ3n) is 7.06. The zero-order valence-electron chi connectivity index (χ0n) is 18.0. The van der Waals surface area contributed by atoms with Gasteiger partial charge in [-0.25, -0.2) is 4.98 Å². The second-order valence-corrected chi connectivity index (χ2v) is 10.3. The van der Waals surface area contributed by atoms with Gasteiger partial charge in [-0.15, -0.1) is 0 Å². The molecule has 4 rings (SSSR count). The van der Waals surface area contributed by atoms with Crippen LogP contribution >= 0.6 is 15.9 Å². The molecule has 1 saturated heterocycles. The number of furan rings is 1. The number of nitrogens with zero attached hydrogens (tertiary/aromatic N) is 3. The van der Waals surface area contributed by atoms with Crippen LogP contribution in [0, 0.1) is 17.2 Å². The van der Waals surface area contributed by atoms with Gasteiger partial charge in [0.2, 0.25) is 5.76 Å². The maximum Gasteiger partial charge on any atom is 0.204 e. The number of likely N-dealkylation sites (tertiary alicyclic amines) is 1. The Labute approximate surface area is 186 Å². The van der Waals surface area contributed by atoms with Gasteiger partial charge in [-0.1, -0.05) is 0 Å². The summed E-state index contributed by atoms with van der Waals surface area (Å²) in [4.78, 5) is 7.16. The standard InChI is InChI=1S/C23H31BrN4O2/c1-14-4-5-15(23(2,3)29)13-28(14)17-8-6-16(7-9-17)27-22-21(24)19-10-18(11-25)30-20(19)12-26-22/h10,12,14-17,29H,4-9,13H2,1-3H3,(H,26,27). The molecular formula is C23H31BrN4O2. The predicted molar refractivity (Wildman–Crippen MR) is 121 cm³/mol. The summed E-state index contributed by atoms with van der Waals surface area (Å²) in [7, 11) is 0. The van der Waals surface area contributed by atoms with Crippen molar-refractivity contribution in [1.82, 2.24) is 9.88 Å². The fraction of sp³-hybridized carbons (Fsp3) is 0.652. The van der Waals surface area contributed by atoms with Crippen LogP contribution in [0.1, 0.15) is 65.1 Å². The van der Waals surface area contributed by atoms with Crippen LogP contribution in [0.5, 0.6) is 0 Å². The molecule has 2 aromatic rings. The highest BCUT2D eigenvalue weighted by Crippen LogP contribution is 2.36. The second-order valence-electron chi connectivity index (χ2n) is 9.54. The smallest absolute Gasteiger partial charge is 0.204 e. The number of nitriles is 1. The first-order valence-corrected chi connectivity index (χ1v) is 11.8. The van der Waals surface area contributed by atoms with E-state index in [1.54, 1.807) is 12.3 Å².